The van der Waals surface area contributed by atoms with Crippen LogP contribution in [0.3, 0.4) is 0 Å². The van der Waals surface area contributed by atoms with E-state index >= 15 is 0 Å². The topological polar surface area (TPSA) is 43.1 Å². The summed E-state index contributed by atoms with van der Waals surface area (Å²) in [6.07, 6.45) is 9.04. The molecular formula is C9H17NO. The van der Waals surface area contributed by atoms with Crippen molar-refractivity contribution in [2.24, 2.45) is 5.73 Å². The van der Waals surface area contributed by atoms with Crippen LogP contribution in [0.5, 0.6) is 0 Å². The smallest absolute Gasteiger partial charge is 0.221 e. The minimum absolute atomic E-state index is 0.253. The third kappa shape index (κ3) is 9.21. The lowest BCUT2D eigenvalue weighted by molar-refractivity contribution is -0.117. The van der Waals surface area contributed by atoms with E-state index in [1.54, 1.807) is 0 Å². The van der Waals surface area contributed by atoms with Gasteiger partial charge in [-0.25, -0.2) is 0 Å². The fraction of sp³-hybridized carbons (Fsp3) is 0.667. The quantitative estimate of drug-likeness (QED) is 0.462. The number of hydrogen-bond donors (Lipinski definition) is 1. The Labute approximate surface area is 68.5 Å². The van der Waals surface area contributed by atoms with E-state index in [4.69, 9.17) is 5.73 Å². The SMILES string of the molecule is CCCCC/C=C\CC(N)=O. The molecule has 0 aromatic carbocycles. The van der Waals surface area contributed by atoms with Crippen molar-refractivity contribution in [3.05, 3.63) is 12.2 Å². The average molecular weight is 155 g/mol. The van der Waals surface area contributed by atoms with Gasteiger partial charge in [-0.15, -0.1) is 0 Å². The minimum Gasteiger partial charge on any atom is -0.369 e. The largest absolute Gasteiger partial charge is 0.369 e. The highest BCUT2D eigenvalue weighted by Gasteiger charge is 1.85. The fourth-order valence-corrected chi connectivity index (χ4v) is 0.830. The summed E-state index contributed by atoms with van der Waals surface area (Å²) in [5.41, 5.74) is 4.94. The summed E-state index contributed by atoms with van der Waals surface area (Å²) in [5.74, 6) is -0.253. The third-order valence-corrected chi connectivity index (χ3v) is 1.46. The van der Waals surface area contributed by atoms with E-state index in [1.807, 2.05) is 12.2 Å². The zero-order valence-corrected chi connectivity index (χ0v) is 7.18. The number of allylic oxidation sites excluding steroid dienone is 1. The molecule has 0 unspecified atom stereocenters. The summed E-state index contributed by atoms with van der Waals surface area (Å²) in [7, 11) is 0. The van der Waals surface area contributed by atoms with Gasteiger partial charge in [0.05, 0.1) is 0 Å². The number of hydrogen-bond acceptors (Lipinski definition) is 1. The van der Waals surface area contributed by atoms with Crippen LogP contribution in [0.15, 0.2) is 12.2 Å². The summed E-state index contributed by atoms with van der Waals surface area (Å²) in [5, 5.41) is 0. The molecule has 0 aliphatic heterocycles. The highest BCUT2D eigenvalue weighted by molar-refractivity contribution is 5.75. The van der Waals surface area contributed by atoms with Crippen molar-refractivity contribution in [3.63, 3.8) is 0 Å². The van der Waals surface area contributed by atoms with E-state index in [9.17, 15) is 4.79 Å². The normalized spacial score (nSPS) is 10.6. The zero-order chi connectivity index (χ0) is 8.53. The molecule has 0 aliphatic rings. The van der Waals surface area contributed by atoms with Crippen molar-refractivity contribution < 1.29 is 4.79 Å². The standard InChI is InChI=1S/C9H17NO/c1-2-3-4-5-6-7-8-9(10)11/h6-7H,2-5,8H2,1H3,(H2,10,11)/b7-6-. The molecule has 0 fully saturated rings. The van der Waals surface area contributed by atoms with E-state index in [1.165, 1.54) is 19.3 Å². The molecule has 64 valence electrons. The molecule has 0 radical (unpaired) electrons. The second-order valence-electron chi connectivity index (χ2n) is 2.64. The molecule has 2 heteroatoms. The monoisotopic (exact) mass is 155 g/mol. The molecule has 0 atom stereocenters. The van der Waals surface area contributed by atoms with Gasteiger partial charge in [0.25, 0.3) is 0 Å². The first-order chi connectivity index (χ1) is 5.27. The maximum absolute atomic E-state index is 10.3. The third-order valence-electron chi connectivity index (χ3n) is 1.46. The maximum atomic E-state index is 10.3. The Kier molecular flexibility index (Phi) is 6.79. The minimum atomic E-state index is -0.253. The summed E-state index contributed by atoms with van der Waals surface area (Å²) in [6.45, 7) is 2.17. The number of nitrogens with two attached hydrogens (primary N) is 1. The lowest BCUT2D eigenvalue weighted by Crippen LogP contribution is -2.07. The van der Waals surface area contributed by atoms with Crippen molar-refractivity contribution in [3.8, 4) is 0 Å². The van der Waals surface area contributed by atoms with Gasteiger partial charge in [-0.2, -0.15) is 0 Å². The first kappa shape index (κ1) is 10.2. The summed E-state index contributed by atoms with van der Waals surface area (Å²) >= 11 is 0. The van der Waals surface area contributed by atoms with Crippen molar-refractivity contribution >= 4 is 5.91 Å². The van der Waals surface area contributed by atoms with Gasteiger partial charge in [-0.3, -0.25) is 4.79 Å². The van der Waals surface area contributed by atoms with Gasteiger partial charge >= 0.3 is 0 Å². The molecular weight excluding hydrogens is 138 g/mol. The number of primary amides is 1. The predicted octanol–water partition coefficient (Wildman–Crippen LogP) is 2.00. The van der Waals surface area contributed by atoms with Crippen LogP contribution in [0, 0.1) is 0 Å². The summed E-state index contributed by atoms with van der Waals surface area (Å²) in [6, 6.07) is 0. The van der Waals surface area contributed by atoms with Gasteiger partial charge in [-0.1, -0.05) is 31.9 Å². The second-order valence-corrected chi connectivity index (χ2v) is 2.64. The summed E-state index contributed by atoms with van der Waals surface area (Å²) < 4.78 is 0. The van der Waals surface area contributed by atoms with E-state index < -0.39 is 0 Å². The number of carbonyl (C=O) groups is 1. The Morgan fingerprint density at radius 1 is 1.36 bits per heavy atom. The van der Waals surface area contributed by atoms with Crippen molar-refractivity contribution in [2.45, 2.75) is 39.0 Å². The van der Waals surface area contributed by atoms with Crippen LogP contribution in [0.1, 0.15) is 39.0 Å². The first-order valence-electron chi connectivity index (χ1n) is 4.20. The molecule has 0 aromatic rings. The predicted molar refractivity (Wildman–Crippen MR) is 47.1 cm³/mol. The Hall–Kier alpha value is -0.790. The maximum Gasteiger partial charge on any atom is 0.221 e. The van der Waals surface area contributed by atoms with Crippen LogP contribution in [0.4, 0.5) is 0 Å². The molecule has 2 N–H and O–H groups in total. The van der Waals surface area contributed by atoms with Crippen molar-refractivity contribution in [2.75, 3.05) is 0 Å². The molecule has 0 saturated heterocycles. The molecule has 0 aromatic heterocycles. The average Bonchev–Trinajstić information content (AvgIpc) is 1.96. The number of carbonyl (C=O) groups excluding carboxylic acids is 1. The van der Waals surface area contributed by atoms with Crippen molar-refractivity contribution in [1.29, 1.82) is 0 Å². The Balaban J connectivity index is 3.10. The van der Waals surface area contributed by atoms with E-state index in [0.29, 0.717) is 6.42 Å². The van der Waals surface area contributed by atoms with Crippen molar-refractivity contribution in [1.82, 2.24) is 0 Å². The molecule has 0 bridgehead atoms. The number of rotatable bonds is 6. The molecule has 0 saturated carbocycles. The zero-order valence-electron chi connectivity index (χ0n) is 7.18. The molecule has 1 amide bonds. The molecule has 11 heavy (non-hydrogen) atoms. The molecule has 0 rings (SSSR count). The highest BCUT2D eigenvalue weighted by Crippen LogP contribution is 1.99. The Bertz CT molecular complexity index is 130. The van der Waals surface area contributed by atoms with Gasteiger partial charge in [0, 0.05) is 6.42 Å². The number of amides is 1. The molecule has 0 aliphatic carbocycles. The molecule has 0 heterocycles. The lowest BCUT2D eigenvalue weighted by Gasteiger charge is -1.90. The van der Waals surface area contributed by atoms with Crippen LogP contribution >= 0.6 is 0 Å². The van der Waals surface area contributed by atoms with Crippen LogP contribution in [0.2, 0.25) is 0 Å². The van der Waals surface area contributed by atoms with Gasteiger partial charge < -0.3 is 5.73 Å². The first-order valence-corrected chi connectivity index (χ1v) is 4.20. The van der Waals surface area contributed by atoms with E-state index in [2.05, 4.69) is 6.92 Å². The van der Waals surface area contributed by atoms with E-state index in [0.717, 1.165) is 6.42 Å². The lowest BCUT2D eigenvalue weighted by atomic mass is 10.2. The number of unbranched alkanes of at least 4 members (excludes halogenated alkanes) is 3. The van der Waals surface area contributed by atoms with Gasteiger partial charge in [0.15, 0.2) is 0 Å². The fourth-order valence-electron chi connectivity index (χ4n) is 0.830. The van der Waals surface area contributed by atoms with Gasteiger partial charge in [-0.05, 0) is 12.8 Å². The van der Waals surface area contributed by atoms with Gasteiger partial charge in [0.1, 0.15) is 0 Å². The van der Waals surface area contributed by atoms with E-state index in [-0.39, 0.29) is 5.91 Å². The Morgan fingerprint density at radius 3 is 2.64 bits per heavy atom. The van der Waals surface area contributed by atoms with Crippen LogP contribution in [-0.4, -0.2) is 5.91 Å². The highest BCUT2D eigenvalue weighted by atomic mass is 16.1. The second kappa shape index (κ2) is 7.32. The Morgan fingerprint density at radius 2 is 2.09 bits per heavy atom. The van der Waals surface area contributed by atoms with Crippen LogP contribution in [-0.2, 0) is 4.79 Å². The van der Waals surface area contributed by atoms with Gasteiger partial charge in [0.2, 0.25) is 5.91 Å². The molecule has 0 spiro atoms. The molecule has 2 nitrogen and oxygen atoms in total. The van der Waals surface area contributed by atoms with Crippen LogP contribution in [0.25, 0.3) is 0 Å². The summed E-state index contributed by atoms with van der Waals surface area (Å²) in [4.78, 5) is 10.3. The van der Waals surface area contributed by atoms with Crippen LogP contribution < -0.4 is 5.73 Å².